The summed E-state index contributed by atoms with van der Waals surface area (Å²) in [6.45, 7) is 2.52. The Morgan fingerprint density at radius 2 is 1.95 bits per heavy atom. The predicted octanol–water partition coefficient (Wildman–Crippen LogP) is 2.07. The van der Waals surface area contributed by atoms with E-state index in [1.165, 1.54) is 7.11 Å². The van der Waals surface area contributed by atoms with Crippen LogP contribution in [0.3, 0.4) is 0 Å². The van der Waals surface area contributed by atoms with E-state index in [1.54, 1.807) is 0 Å². The summed E-state index contributed by atoms with van der Waals surface area (Å²) in [6, 6.07) is 9.41. The SMILES string of the molecule is CC[C@@H](NS(=O)(=O)CCCOCOC)c1ccccc1. The van der Waals surface area contributed by atoms with Crippen LogP contribution in [0.2, 0.25) is 0 Å². The molecule has 0 amide bonds. The van der Waals surface area contributed by atoms with Gasteiger partial charge in [-0.25, -0.2) is 13.1 Å². The van der Waals surface area contributed by atoms with E-state index in [-0.39, 0.29) is 18.6 Å². The van der Waals surface area contributed by atoms with Crippen molar-refractivity contribution in [2.24, 2.45) is 0 Å². The molecule has 6 heteroatoms. The fourth-order valence-electron chi connectivity index (χ4n) is 1.84. The van der Waals surface area contributed by atoms with Crippen molar-refractivity contribution in [3.8, 4) is 0 Å². The molecule has 114 valence electrons. The second kappa shape index (κ2) is 9.07. The highest BCUT2D eigenvalue weighted by Gasteiger charge is 2.17. The quantitative estimate of drug-likeness (QED) is 0.531. The van der Waals surface area contributed by atoms with E-state index < -0.39 is 10.0 Å². The third-order valence-electron chi connectivity index (χ3n) is 2.83. The number of sulfonamides is 1. The predicted molar refractivity (Wildman–Crippen MR) is 78.8 cm³/mol. The minimum atomic E-state index is -3.30. The maximum Gasteiger partial charge on any atom is 0.212 e. The van der Waals surface area contributed by atoms with Gasteiger partial charge in [-0.1, -0.05) is 37.3 Å². The Kier molecular flexibility index (Phi) is 7.76. The molecule has 0 saturated heterocycles. The molecule has 1 aromatic rings. The van der Waals surface area contributed by atoms with Gasteiger partial charge >= 0.3 is 0 Å². The molecule has 5 nitrogen and oxygen atoms in total. The van der Waals surface area contributed by atoms with Crippen molar-refractivity contribution in [2.45, 2.75) is 25.8 Å². The van der Waals surface area contributed by atoms with E-state index in [1.807, 2.05) is 37.3 Å². The molecule has 0 saturated carbocycles. The van der Waals surface area contributed by atoms with E-state index >= 15 is 0 Å². The summed E-state index contributed by atoms with van der Waals surface area (Å²) in [5.41, 5.74) is 0.981. The molecule has 0 bridgehead atoms. The maximum absolute atomic E-state index is 12.0. The van der Waals surface area contributed by atoms with E-state index in [0.717, 1.165) is 5.56 Å². The lowest BCUT2D eigenvalue weighted by Gasteiger charge is -2.17. The second-order valence-corrected chi connectivity index (χ2v) is 6.35. The number of hydrogen-bond acceptors (Lipinski definition) is 4. The van der Waals surface area contributed by atoms with Gasteiger partial charge in [0.2, 0.25) is 10.0 Å². The van der Waals surface area contributed by atoms with Gasteiger partial charge in [0.1, 0.15) is 6.79 Å². The lowest BCUT2D eigenvalue weighted by atomic mass is 10.1. The highest BCUT2D eigenvalue weighted by Crippen LogP contribution is 2.17. The Labute approximate surface area is 121 Å². The van der Waals surface area contributed by atoms with Crippen LogP contribution in [0.5, 0.6) is 0 Å². The first-order chi connectivity index (χ1) is 9.59. The van der Waals surface area contributed by atoms with Crippen LogP contribution in [0.4, 0.5) is 0 Å². The summed E-state index contributed by atoms with van der Waals surface area (Å²) in [6.07, 6.45) is 1.16. The first kappa shape index (κ1) is 17.1. The van der Waals surface area contributed by atoms with E-state index in [2.05, 4.69) is 4.72 Å². The number of hydrogen-bond donors (Lipinski definition) is 1. The lowest BCUT2D eigenvalue weighted by Crippen LogP contribution is -2.30. The second-order valence-electron chi connectivity index (χ2n) is 4.48. The fraction of sp³-hybridized carbons (Fsp3) is 0.571. The smallest absolute Gasteiger partial charge is 0.212 e. The molecule has 1 N–H and O–H groups in total. The van der Waals surface area contributed by atoms with Crippen LogP contribution in [-0.2, 0) is 19.5 Å². The van der Waals surface area contributed by atoms with Gasteiger partial charge in [-0.15, -0.1) is 0 Å². The zero-order valence-corrected chi connectivity index (χ0v) is 12.9. The summed E-state index contributed by atoms with van der Waals surface area (Å²) in [7, 11) is -1.77. The van der Waals surface area contributed by atoms with Gasteiger partial charge in [-0.2, -0.15) is 0 Å². The van der Waals surface area contributed by atoms with Gasteiger partial charge in [0.25, 0.3) is 0 Å². The molecule has 0 aliphatic carbocycles. The summed E-state index contributed by atoms with van der Waals surface area (Å²) >= 11 is 0. The summed E-state index contributed by atoms with van der Waals surface area (Å²) in [4.78, 5) is 0. The average molecular weight is 301 g/mol. The molecule has 1 atom stereocenters. The van der Waals surface area contributed by atoms with Crippen LogP contribution in [0, 0.1) is 0 Å². The van der Waals surface area contributed by atoms with Gasteiger partial charge in [0, 0.05) is 13.2 Å². The number of benzene rings is 1. The average Bonchev–Trinajstić information content (AvgIpc) is 2.45. The molecule has 0 radical (unpaired) electrons. The lowest BCUT2D eigenvalue weighted by molar-refractivity contribution is -0.0298. The molecule has 0 heterocycles. The molecule has 0 aliphatic rings. The number of ether oxygens (including phenoxy) is 2. The molecule has 1 rings (SSSR count). The normalized spacial score (nSPS) is 13.3. The molecule has 20 heavy (non-hydrogen) atoms. The Hall–Kier alpha value is -0.950. The van der Waals surface area contributed by atoms with Gasteiger partial charge in [0.05, 0.1) is 12.4 Å². The number of methoxy groups -OCH3 is 1. The minimum absolute atomic E-state index is 0.0556. The zero-order valence-electron chi connectivity index (χ0n) is 12.0. The number of nitrogens with one attached hydrogen (secondary N) is 1. The molecule has 0 fully saturated rings. The Balaban J connectivity index is 2.47. The van der Waals surface area contributed by atoms with Gasteiger partial charge < -0.3 is 9.47 Å². The van der Waals surface area contributed by atoms with Gasteiger partial charge in [-0.3, -0.25) is 0 Å². The zero-order chi connectivity index (χ0) is 14.8. The first-order valence-electron chi connectivity index (χ1n) is 6.70. The van der Waals surface area contributed by atoms with Gasteiger partial charge in [0.15, 0.2) is 0 Å². The van der Waals surface area contributed by atoms with Crippen molar-refractivity contribution in [3.63, 3.8) is 0 Å². The van der Waals surface area contributed by atoms with Crippen LogP contribution in [0.15, 0.2) is 30.3 Å². The molecule has 0 aliphatic heterocycles. The Morgan fingerprint density at radius 1 is 1.25 bits per heavy atom. The van der Waals surface area contributed by atoms with Crippen LogP contribution in [-0.4, -0.2) is 34.7 Å². The van der Waals surface area contributed by atoms with Crippen molar-refractivity contribution in [2.75, 3.05) is 26.3 Å². The van der Waals surface area contributed by atoms with Crippen molar-refractivity contribution in [1.29, 1.82) is 0 Å². The largest absolute Gasteiger partial charge is 0.359 e. The highest BCUT2D eigenvalue weighted by molar-refractivity contribution is 7.89. The molecule has 0 spiro atoms. The third kappa shape index (κ3) is 6.47. The molecule has 0 unspecified atom stereocenters. The third-order valence-corrected chi connectivity index (χ3v) is 4.30. The van der Waals surface area contributed by atoms with Crippen molar-refractivity contribution < 1.29 is 17.9 Å². The van der Waals surface area contributed by atoms with E-state index in [0.29, 0.717) is 19.4 Å². The Bertz CT molecular complexity index is 461. The van der Waals surface area contributed by atoms with Crippen molar-refractivity contribution in [3.05, 3.63) is 35.9 Å². The van der Waals surface area contributed by atoms with Crippen LogP contribution in [0.25, 0.3) is 0 Å². The monoisotopic (exact) mass is 301 g/mol. The van der Waals surface area contributed by atoms with Crippen LogP contribution < -0.4 is 4.72 Å². The standard InChI is InChI=1S/C14H23NO4S/c1-3-14(13-8-5-4-6-9-13)15-20(16,17)11-7-10-19-12-18-2/h4-6,8-9,14-15H,3,7,10-12H2,1-2H3/t14-/m1/s1. The minimum Gasteiger partial charge on any atom is -0.359 e. The fourth-order valence-corrected chi connectivity index (χ4v) is 3.19. The van der Waals surface area contributed by atoms with E-state index in [4.69, 9.17) is 9.47 Å². The molecular formula is C14H23NO4S. The van der Waals surface area contributed by atoms with Crippen LogP contribution >= 0.6 is 0 Å². The van der Waals surface area contributed by atoms with Gasteiger partial charge in [-0.05, 0) is 18.4 Å². The van der Waals surface area contributed by atoms with Crippen LogP contribution in [0.1, 0.15) is 31.4 Å². The van der Waals surface area contributed by atoms with E-state index in [9.17, 15) is 8.42 Å². The topological polar surface area (TPSA) is 64.6 Å². The molecule has 1 aromatic carbocycles. The first-order valence-corrected chi connectivity index (χ1v) is 8.36. The highest BCUT2D eigenvalue weighted by atomic mass is 32.2. The summed E-state index contributed by atoms with van der Waals surface area (Å²) < 4.78 is 36.6. The molecule has 0 aromatic heterocycles. The summed E-state index contributed by atoms with van der Waals surface area (Å²) in [5, 5.41) is 0. The molecular weight excluding hydrogens is 278 g/mol. The summed E-state index contributed by atoms with van der Waals surface area (Å²) in [5.74, 6) is 0.0556. The number of rotatable bonds is 10. The maximum atomic E-state index is 12.0. The Morgan fingerprint density at radius 3 is 2.55 bits per heavy atom. The van der Waals surface area contributed by atoms with Crippen molar-refractivity contribution in [1.82, 2.24) is 4.72 Å². The van der Waals surface area contributed by atoms with Crippen molar-refractivity contribution >= 4 is 10.0 Å².